The Balaban J connectivity index is 1.88. The van der Waals surface area contributed by atoms with E-state index in [1.165, 1.54) is 37.7 Å². The normalized spacial score (nSPS) is 41.2. The molecule has 2 heteroatoms. The molecule has 0 aromatic heterocycles. The van der Waals surface area contributed by atoms with Crippen molar-refractivity contribution in [1.82, 2.24) is 0 Å². The van der Waals surface area contributed by atoms with E-state index in [1.807, 2.05) is 12.1 Å². The molecule has 2 saturated carbocycles. The van der Waals surface area contributed by atoms with Crippen LogP contribution >= 0.6 is 0 Å². The molecule has 2 aliphatic carbocycles. The molecule has 23 heavy (non-hydrogen) atoms. The average Bonchev–Trinajstić information content (AvgIpc) is 2.46. The summed E-state index contributed by atoms with van der Waals surface area (Å²) in [5, 5.41) is 9.89. The third-order valence-electron chi connectivity index (χ3n) is 7.71. The quantitative estimate of drug-likeness (QED) is 0.701. The maximum absolute atomic E-state index is 9.89. The summed E-state index contributed by atoms with van der Waals surface area (Å²) in [5.41, 5.74) is 1.67. The van der Waals surface area contributed by atoms with Crippen molar-refractivity contribution in [3.05, 3.63) is 23.8 Å². The molecular formula is C21H30O2. The van der Waals surface area contributed by atoms with Crippen LogP contribution in [0.1, 0.15) is 65.4 Å². The van der Waals surface area contributed by atoms with Crippen molar-refractivity contribution >= 4 is 0 Å². The maximum atomic E-state index is 9.89. The Bertz CT molecular complexity index is 635. The van der Waals surface area contributed by atoms with Crippen LogP contribution in [0.15, 0.2) is 18.2 Å². The largest absolute Gasteiger partial charge is 0.508 e. The number of benzene rings is 1. The summed E-state index contributed by atoms with van der Waals surface area (Å²) in [7, 11) is 0. The molecule has 1 heterocycles. The summed E-state index contributed by atoms with van der Waals surface area (Å²) in [5.74, 6) is 2.66. The van der Waals surface area contributed by atoms with Crippen LogP contribution in [0, 0.1) is 22.7 Å². The number of phenols is 1. The molecule has 1 aromatic rings. The highest BCUT2D eigenvalue weighted by molar-refractivity contribution is 5.44. The van der Waals surface area contributed by atoms with Gasteiger partial charge in [-0.2, -0.15) is 0 Å². The van der Waals surface area contributed by atoms with E-state index in [-0.39, 0.29) is 11.0 Å². The van der Waals surface area contributed by atoms with Gasteiger partial charge in [-0.05, 0) is 73.6 Å². The van der Waals surface area contributed by atoms with E-state index in [2.05, 4.69) is 27.7 Å². The summed E-state index contributed by atoms with van der Waals surface area (Å²) in [6, 6.07) is 5.67. The van der Waals surface area contributed by atoms with Crippen molar-refractivity contribution in [2.75, 3.05) is 0 Å². The van der Waals surface area contributed by atoms with E-state index >= 15 is 0 Å². The molecule has 0 radical (unpaired) electrons. The molecule has 126 valence electrons. The number of hydrogen-bond donors (Lipinski definition) is 1. The van der Waals surface area contributed by atoms with E-state index in [4.69, 9.17) is 4.74 Å². The number of hydrogen-bond acceptors (Lipinski definition) is 2. The van der Waals surface area contributed by atoms with E-state index < -0.39 is 0 Å². The van der Waals surface area contributed by atoms with Gasteiger partial charge in [-0.3, -0.25) is 0 Å². The Kier molecular flexibility index (Phi) is 3.12. The van der Waals surface area contributed by atoms with Gasteiger partial charge in [0.1, 0.15) is 17.1 Å². The van der Waals surface area contributed by atoms with Crippen molar-refractivity contribution in [3.8, 4) is 11.5 Å². The smallest absolute Gasteiger partial charge is 0.123 e. The van der Waals surface area contributed by atoms with Crippen LogP contribution in [0.4, 0.5) is 0 Å². The Morgan fingerprint density at radius 1 is 1.13 bits per heavy atom. The fourth-order valence-corrected chi connectivity index (χ4v) is 6.20. The highest BCUT2D eigenvalue weighted by atomic mass is 16.5. The summed E-state index contributed by atoms with van der Waals surface area (Å²) in [6.45, 7) is 9.77. The lowest BCUT2D eigenvalue weighted by Crippen LogP contribution is -2.68. The SMILES string of the molecule is C[C@H]1CC[C@H]2C(C)(C)CCC[C@]23Oc2ccc(O)cc2C[C@]13C. The molecule has 2 fully saturated rings. The standard InChI is InChI=1S/C21H30O2/c1-14-6-9-18-19(2,3)10-5-11-21(18)20(14,4)13-15-12-16(22)7-8-17(15)23-21/h7-8,12,14,18,22H,5-6,9-11,13H2,1-4H3/t14-,18-,20+,21-/m0/s1. The summed E-state index contributed by atoms with van der Waals surface area (Å²) >= 11 is 0. The first-order valence-corrected chi connectivity index (χ1v) is 9.29. The second-order valence-corrected chi connectivity index (χ2v) is 9.25. The molecule has 1 aliphatic heterocycles. The van der Waals surface area contributed by atoms with E-state index in [9.17, 15) is 5.11 Å². The van der Waals surface area contributed by atoms with Gasteiger partial charge in [-0.1, -0.05) is 27.7 Å². The molecule has 4 rings (SSSR count). The zero-order valence-corrected chi connectivity index (χ0v) is 15.0. The van der Waals surface area contributed by atoms with Gasteiger partial charge in [0.15, 0.2) is 0 Å². The fourth-order valence-electron chi connectivity index (χ4n) is 6.20. The number of ether oxygens (including phenoxy) is 1. The van der Waals surface area contributed by atoms with Gasteiger partial charge in [-0.25, -0.2) is 0 Å². The van der Waals surface area contributed by atoms with Crippen LogP contribution in [0.5, 0.6) is 11.5 Å². The Morgan fingerprint density at radius 3 is 2.70 bits per heavy atom. The lowest BCUT2D eigenvalue weighted by Gasteiger charge is -2.66. The van der Waals surface area contributed by atoms with Crippen LogP contribution < -0.4 is 4.74 Å². The van der Waals surface area contributed by atoms with Gasteiger partial charge >= 0.3 is 0 Å². The molecule has 0 amide bonds. The van der Waals surface area contributed by atoms with E-state index in [0.29, 0.717) is 23.0 Å². The van der Waals surface area contributed by atoms with Crippen LogP contribution in [0.3, 0.4) is 0 Å². The number of phenolic OH excluding ortho intramolecular Hbond substituents is 1. The van der Waals surface area contributed by atoms with Gasteiger partial charge in [0, 0.05) is 11.3 Å². The summed E-state index contributed by atoms with van der Waals surface area (Å²) in [6.07, 6.45) is 7.38. The summed E-state index contributed by atoms with van der Waals surface area (Å²) < 4.78 is 6.88. The first-order chi connectivity index (χ1) is 10.8. The molecule has 1 N–H and O–H groups in total. The fraction of sp³-hybridized carbons (Fsp3) is 0.714. The molecule has 2 nitrogen and oxygen atoms in total. The minimum atomic E-state index is -0.0314. The van der Waals surface area contributed by atoms with Crippen molar-refractivity contribution in [2.45, 2.75) is 71.8 Å². The molecule has 0 unspecified atom stereocenters. The molecular weight excluding hydrogens is 284 g/mol. The van der Waals surface area contributed by atoms with E-state index in [1.54, 1.807) is 6.07 Å². The second kappa shape index (κ2) is 4.68. The minimum absolute atomic E-state index is 0.0314. The van der Waals surface area contributed by atoms with E-state index in [0.717, 1.165) is 12.2 Å². The predicted molar refractivity (Wildman–Crippen MR) is 92.8 cm³/mol. The lowest BCUT2D eigenvalue weighted by molar-refractivity contribution is -0.210. The highest BCUT2D eigenvalue weighted by Gasteiger charge is 2.65. The maximum Gasteiger partial charge on any atom is 0.123 e. The van der Waals surface area contributed by atoms with Gasteiger partial charge in [-0.15, -0.1) is 0 Å². The van der Waals surface area contributed by atoms with Crippen LogP contribution in [-0.4, -0.2) is 10.7 Å². The first-order valence-electron chi connectivity index (χ1n) is 9.29. The van der Waals surface area contributed by atoms with Crippen molar-refractivity contribution in [3.63, 3.8) is 0 Å². The van der Waals surface area contributed by atoms with Crippen molar-refractivity contribution < 1.29 is 9.84 Å². The van der Waals surface area contributed by atoms with Gasteiger partial charge < -0.3 is 9.84 Å². The molecule has 1 spiro atoms. The Hall–Kier alpha value is -1.18. The number of rotatable bonds is 0. The first kappa shape index (κ1) is 15.4. The number of aromatic hydroxyl groups is 1. The van der Waals surface area contributed by atoms with Crippen LogP contribution in [0.2, 0.25) is 0 Å². The molecule has 0 bridgehead atoms. The zero-order chi connectivity index (χ0) is 16.5. The second-order valence-electron chi connectivity index (χ2n) is 9.25. The monoisotopic (exact) mass is 314 g/mol. The van der Waals surface area contributed by atoms with Crippen LogP contribution in [0.25, 0.3) is 0 Å². The highest BCUT2D eigenvalue weighted by Crippen LogP contribution is 2.65. The summed E-state index contributed by atoms with van der Waals surface area (Å²) in [4.78, 5) is 0. The molecule has 3 aliphatic rings. The van der Waals surface area contributed by atoms with Crippen LogP contribution in [-0.2, 0) is 6.42 Å². The predicted octanol–water partition coefficient (Wildman–Crippen LogP) is 5.33. The number of fused-ring (bicyclic) bond motifs is 1. The average molecular weight is 314 g/mol. The molecule has 1 aromatic carbocycles. The third-order valence-corrected chi connectivity index (χ3v) is 7.71. The van der Waals surface area contributed by atoms with Gasteiger partial charge in [0.05, 0.1) is 0 Å². The van der Waals surface area contributed by atoms with Crippen molar-refractivity contribution in [1.29, 1.82) is 0 Å². The minimum Gasteiger partial charge on any atom is -0.508 e. The Morgan fingerprint density at radius 2 is 1.91 bits per heavy atom. The molecule has 0 saturated heterocycles. The van der Waals surface area contributed by atoms with Gasteiger partial charge in [0.25, 0.3) is 0 Å². The lowest BCUT2D eigenvalue weighted by atomic mass is 9.44. The zero-order valence-electron chi connectivity index (χ0n) is 15.0. The Labute approximate surface area is 140 Å². The molecule has 4 atom stereocenters. The third kappa shape index (κ3) is 1.93. The topological polar surface area (TPSA) is 29.5 Å². The van der Waals surface area contributed by atoms with Gasteiger partial charge in [0.2, 0.25) is 0 Å². The van der Waals surface area contributed by atoms with Crippen molar-refractivity contribution in [2.24, 2.45) is 22.7 Å².